The topological polar surface area (TPSA) is 17.1 Å². The van der Waals surface area contributed by atoms with Crippen LogP contribution >= 0.6 is 0 Å². The molecule has 1 heteroatoms. The molecular weight excluding hydrogens is 124 g/mol. The highest BCUT2D eigenvalue weighted by Crippen LogP contribution is 2.07. The Morgan fingerprint density at radius 1 is 1.70 bits per heavy atom. The summed E-state index contributed by atoms with van der Waals surface area (Å²) in [4.78, 5) is 10.7. The zero-order valence-electron chi connectivity index (χ0n) is 6.68. The molecule has 0 aromatic carbocycles. The van der Waals surface area contributed by atoms with Gasteiger partial charge in [-0.1, -0.05) is 25.7 Å². The fourth-order valence-electron chi connectivity index (χ4n) is 0.812. The van der Waals surface area contributed by atoms with Crippen molar-refractivity contribution in [2.24, 2.45) is 5.92 Å². The van der Waals surface area contributed by atoms with Gasteiger partial charge in [-0.3, -0.25) is 4.79 Å². The van der Waals surface area contributed by atoms with Gasteiger partial charge in [0.2, 0.25) is 0 Å². The quantitative estimate of drug-likeness (QED) is 0.543. The molecule has 0 aromatic rings. The third-order valence-electron chi connectivity index (χ3n) is 1.54. The van der Waals surface area contributed by atoms with Crippen LogP contribution in [-0.4, -0.2) is 5.78 Å². The summed E-state index contributed by atoms with van der Waals surface area (Å²) < 4.78 is 0. The maximum Gasteiger partial charge on any atom is 0.144 e. The van der Waals surface area contributed by atoms with Crippen LogP contribution in [0.5, 0.6) is 0 Å². The van der Waals surface area contributed by atoms with Crippen LogP contribution in [-0.2, 0) is 4.79 Å². The molecule has 0 aromatic heterocycles. The van der Waals surface area contributed by atoms with Gasteiger partial charge in [0.15, 0.2) is 0 Å². The van der Waals surface area contributed by atoms with Crippen LogP contribution in [0, 0.1) is 18.3 Å². The summed E-state index contributed by atoms with van der Waals surface area (Å²) in [7, 11) is 0. The highest BCUT2D eigenvalue weighted by atomic mass is 16.1. The van der Waals surface area contributed by atoms with E-state index in [0.29, 0.717) is 0 Å². The summed E-state index contributed by atoms with van der Waals surface area (Å²) >= 11 is 0. The van der Waals surface area contributed by atoms with Crippen molar-refractivity contribution in [3.63, 3.8) is 0 Å². The first-order valence-corrected chi connectivity index (χ1v) is 3.69. The Bertz CT molecular complexity index is 141. The van der Waals surface area contributed by atoms with Gasteiger partial charge in [0.05, 0.1) is 5.92 Å². The zero-order valence-corrected chi connectivity index (χ0v) is 6.68. The number of Topliss-reactive ketones (excluding diaryl/α,β-unsaturated/α-hetero) is 1. The largest absolute Gasteiger partial charge is 0.299 e. The van der Waals surface area contributed by atoms with E-state index in [1.165, 1.54) is 0 Å². The van der Waals surface area contributed by atoms with Crippen molar-refractivity contribution >= 4 is 5.78 Å². The van der Waals surface area contributed by atoms with E-state index in [9.17, 15) is 4.79 Å². The number of carbonyl (C=O) groups is 1. The molecule has 0 rings (SSSR count). The lowest BCUT2D eigenvalue weighted by molar-refractivity contribution is -0.119. The number of unbranched alkanes of at least 4 members (excludes halogenated alkanes) is 1. The molecule has 0 fully saturated rings. The summed E-state index contributed by atoms with van der Waals surface area (Å²) in [6, 6.07) is 0. The molecule has 56 valence electrons. The average Bonchev–Trinajstić information content (AvgIpc) is 1.89. The molecule has 1 nitrogen and oxygen atoms in total. The Morgan fingerprint density at radius 2 is 2.30 bits per heavy atom. The van der Waals surface area contributed by atoms with E-state index in [-0.39, 0.29) is 11.7 Å². The second-order valence-electron chi connectivity index (χ2n) is 2.47. The van der Waals surface area contributed by atoms with Gasteiger partial charge in [0, 0.05) is 0 Å². The normalized spacial score (nSPS) is 12.1. The Kier molecular flexibility index (Phi) is 4.66. The van der Waals surface area contributed by atoms with Crippen LogP contribution in [0.25, 0.3) is 0 Å². The van der Waals surface area contributed by atoms with Crippen molar-refractivity contribution in [2.45, 2.75) is 33.1 Å². The SMILES string of the molecule is C#CC(CCCC)C(C)=O. The second kappa shape index (κ2) is 5.05. The Hall–Kier alpha value is -0.770. The fraction of sp³-hybridized carbons (Fsp3) is 0.667. The lowest BCUT2D eigenvalue weighted by Gasteiger charge is -2.03. The number of hydrogen-bond donors (Lipinski definition) is 0. The van der Waals surface area contributed by atoms with E-state index >= 15 is 0 Å². The maximum absolute atomic E-state index is 10.7. The minimum atomic E-state index is -0.139. The molecule has 0 aliphatic rings. The van der Waals surface area contributed by atoms with Crippen LogP contribution in [0.3, 0.4) is 0 Å². The van der Waals surface area contributed by atoms with Gasteiger partial charge in [0.1, 0.15) is 5.78 Å². The summed E-state index contributed by atoms with van der Waals surface area (Å²) in [5.41, 5.74) is 0. The average molecular weight is 138 g/mol. The minimum absolute atomic E-state index is 0.121. The van der Waals surface area contributed by atoms with Crippen LogP contribution in [0.2, 0.25) is 0 Å². The van der Waals surface area contributed by atoms with Crippen LogP contribution in [0.4, 0.5) is 0 Å². The third kappa shape index (κ3) is 3.29. The van der Waals surface area contributed by atoms with Gasteiger partial charge in [-0.25, -0.2) is 0 Å². The first-order chi connectivity index (χ1) is 4.72. The smallest absolute Gasteiger partial charge is 0.144 e. The van der Waals surface area contributed by atoms with Gasteiger partial charge in [-0.15, -0.1) is 6.42 Å². The monoisotopic (exact) mass is 138 g/mol. The van der Waals surface area contributed by atoms with E-state index in [1.54, 1.807) is 6.92 Å². The third-order valence-corrected chi connectivity index (χ3v) is 1.54. The Labute approximate surface area is 62.8 Å². The molecule has 0 aliphatic heterocycles. The molecule has 1 atom stereocenters. The highest BCUT2D eigenvalue weighted by molar-refractivity contribution is 5.80. The predicted molar refractivity (Wildman–Crippen MR) is 42.5 cm³/mol. The summed E-state index contributed by atoms with van der Waals surface area (Å²) in [6.07, 6.45) is 8.15. The maximum atomic E-state index is 10.7. The van der Waals surface area contributed by atoms with Crippen molar-refractivity contribution in [1.29, 1.82) is 0 Å². The molecule has 1 unspecified atom stereocenters. The molecule has 10 heavy (non-hydrogen) atoms. The number of terminal acetylenes is 1. The van der Waals surface area contributed by atoms with E-state index in [1.807, 2.05) is 0 Å². The first-order valence-electron chi connectivity index (χ1n) is 3.69. The number of rotatable bonds is 4. The number of ketones is 1. The van der Waals surface area contributed by atoms with E-state index in [4.69, 9.17) is 6.42 Å². The van der Waals surface area contributed by atoms with E-state index in [2.05, 4.69) is 12.8 Å². The number of hydrogen-bond acceptors (Lipinski definition) is 1. The molecule has 0 radical (unpaired) electrons. The summed E-state index contributed by atoms with van der Waals surface area (Å²) in [5.74, 6) is 2.47. The van der Waals surface area contributed by atoms with Crippen LogP contribution in [0.15, 0.2) is 0 Å². The molecular formula is C9H14O. The molecule has 0 saturated heterocycles. The van der Waals surface area contributed by atoms with Crippen molar-refractivity contribution in [3.8, 4) is 12.3 Å². The molecule has 0 N–H and O–H groups in total. The van der Waals surface area contributed by atoms with Crippen molar-refractivity contribution in [3.05, 3.63) is 0 Å². The fourth-order valence-corrected chi connectivity index (χ4v) is 0.812. The summed E-state index contributed by atoms with van der Waals surface area (Å²) in [5, 5.41) is 0. The standard InChI is InChI=1S/C9H14O/c1-4-6-7-9(5-2)8(3)10/h2,9H,4,6-7H2,1,3H3. The van der Waals surface area contributed by atoms with Crippen LogP contribution < -0.4 is 0 Å². The summed E-state index contributed by atoms with van der Waals surface area (Å²) in [6.45, 7) is 3.65. The lowest BCUT2D eigenvalue weighted by atomic mass is 10.00. The molecule has 0 amide bonds. The minimum Gasteiger partial charge on any atom is -0.299 e. The van der Waals surface area contributed by atoms with E-state index in [0.717, 1.165) is 19.3 Å². The van der Waals surface area contributed by atoms with Crippen molar-refractivity contribution in [2.75, 3.05) is 0 Å². The molecule has 0 spiro atoms. The second-order valence-corrected chi connectivity index (χ2v) is 2.47. The van der Waals surface area contributed by atoms with E-state index < -0.39 is 0 Å². The van der Waals surface area contributed by atoms with Gasteiger partial charge in [0.25, 0.3) is 0 Å². The first kappa shape index (κ1) is 9.23. The Balaban J connectivity index is 3.64. The number of carbonyl (C=O) groups excluding carboxylic acids is 1. The van der Waals surface area contributed by atoms with Gasteiger partial charge in [-0.2, -0.15) is 0 Å². The Morgan fingerprint density at radius 3 is 2.60 bits per heavy atom. The van der Waals surface area contributed by atoms with Crippen molar-refractivity contribution in [1.82, 2.24) is 0 Å². The predicted octanol–water partition coefficient (Wildman–Crippen LogP) is 2.01. The molecule has 0 aliphatic carbocycles. The molecule has 0 bridgehead atoms. The highest BCUT2D eigenvalue weighted by Gasteiger charge is 2.08. The van der Waals surface area contributed by atoms with Gasteiger partial charge >= 0.3 is 0 Å². The van der Waals surface area contributed by atoms with Gasteiger partial charge < -0.3 is 0 Å². The molecule has 0 heterocycles. The zero-order chi connectivity index (χ0) is 7.98. The van der Waals surface area contributed by atoms with Crippen LogP contribution in [0.1, 0.15) is 33.1 Å². The lowest BCUT2D eigenvalue weighted by Crippen LogP contribution is -2.07. The van der Waals surface area contributed by atoms with Crippen molar-refractivity contribution < 1.29 is 4.79 Å². The van der Waals surface area contributed by atoms with Gasteiger partial charge in [-0.05, 0) is 13.3 Å². The molecule has 0 saturated carbocycles.